The van der Waals surface area contributed by atoms with Crippen LogP contribution in [0.5, 0.6) is 0 Å². The molecule has 0 spiro atoms. The van der Waals surface area contributed by atoms with Crippen LogP contribution in [0.25, 0.3) is 0 Å². The molecule has 0 amide bonds. The predicted octanol–water partition coefficient (Wildman–Crippen LogP) is 5.22. The van der Waals surface area contributed by atoms with Gasteiger partial charge < -0.3 is 9.74 Å². The lowest BCUT2D eigenvalue weighted by molar-refractivity contribution is 0.174. The molecule has 6 heteroatoms. The summed E-state index contributed by atoms with van der Waals surface area (Å²) >= 11 is 6.42. The first-order valence-electron chi connectivity index (χ1n) is 10.2. The number of nitrogens with one attached hydrogen (secondary N) is 1. The summed E-state index contributed by atoms with van der Waals surface area (Å²) in [6, 6.07) is 3.98. The van der Waals surface area contributed by atoms with Gasteiger partial charge in [-0.15, -0.1) is 0 Å². The number of nitrogens with zero attached hydrogens (tertiary/aromatic N) is 2. The Morgan fingerprint density at radius 1 is 1.23 bits per heavy atom. The molecule has 1 aromatic rings. The molecule has 2 aliphatic rings. The van der Waals surface area contributed by atoms with Crippen LogP contribution in [-0.2, 0) is 4.43 Å². The van der Waals surface area contributed by atoms with E-state index in [0.29, 0.717) is 16.5 Å². The van der Waals surface area contributed by atoms with Crippen LogP contribution in [0.2, 0.25) is 23.2 Å². The Labute approximate surface area is 164 Å². The first-order valence-corrected chi connectivity index (χ1v) is 13.1. The third kappa shape index (κ3) is 3.86. The zero-order chi connectivity index (χ0) is 18.9. The van der Waals surface area contributed by atoms with Crippen LogP contribution in [0.1, 0.15) is 59.3 Å². The number of halogens is 1. The van der Waals surface area contributed by atoms with E-state index in [4.69, 9.17) is 16.0 Å². The SMILES string of the molecule is CC[Si](CC)(CC)OC(CNC1C[C@@H]2[C@H](C1)C2(C)C)c1ncncc1Cl. The molecule has 2 unspecified atom stereocenters. The summed E-state index contributed by atoms with van der Waals surface area (Å²) in [6.07, 6.45) is 5.76. The van der Waals surface area contributed by atoms with Gasteiger partial charge in [-0.25, -0.2) is 9.97 Å². The molecule has 4 nitrogen and oxygen atoms in total. The van der Waals surface area contributed by atoms with E-state index >= 15 is 0 Å². The smallest absolute Gasteiger partial charge is 0.193 e. The van der Waals surface area contributed by atoms with Crippen molar-refractivity contribution < 1.29 is 4.43 Å². The van der Waals surface area contributed by atoms with Gasteiger partial charge >= 0.3 is 0 Å². The third-order valence-corrected chi connectivity index (χ3v) is 12.2. The van der Waals surface area contributed by atoms with Gasteiger partial charge in [-0.1, -0.05) is 46.2 Å². The zero-order valence-corrected chi connectivity index (χ0v) is 18.6. The molecule has 3 rings (SSSR count). The first kappa shape index (κ1) is 20.2. The maximum absolute atomic E-state index is 6.79. The standard InChI is InChI=1S/C20H34ClN3OSi/c1-6-26(7-2,8-3)25-18(19-17(21)11-22-13-24-19)12-23-14-9-15-16(10-14)20(15,4)5/h11,13-16,18,23H,6-10,12H2,1-5H3/t14?,15-,16+,18?. The highest BCUT2D eigenvalue weighted by atomic mass is 35.5. The van der Waals surface area contributed by atoms with Crippen LogP contribution < -0.4 is 5.32 Å². The summed E-state index contributed by atoms with van der Waals surface area (Å²) in [5, 5.41) is 4.39. The van der Waals surface area contributed by atoms with Gasteiger partial charge in [-0.05, 0) is 48.2 Å². The van der Waals surface area contributed by atoms with Crippen molar-refractivity contribution in [2.24, 2.45) is 17.3 Å². The van der Waals surface area contributed by atoms with Gasteiger partial charge in [0.1, 0.15) is 12.4 Å². The van der Waals surface area contributed by atoms with Gasteiger partial charge in [0.25, 0.3) is 0 Å². The fourth-order valence-corrected chi connectivity index (χ4v) is 8.02. The lowest BCUT2D eigenvalue weighted by Crippen LogP contribution is -2.41. The van der Waals surface area contributed by atoms with E-state index in [0.717, 1.165) is 42.2 Å². The van der Waals surface area contributed by atoms with Crippen molar-refractivity contribution in [1.29, 1.82) is 0 Å². The summed E-state index contributed by atoms with van der Waals surface area (Å²) in [7, 11) is -1.75. The Balaban J connectivity index is 1.69. The summed E-state index contributed by atoms with van der Waals surface area (Å²) in [4.78, 5) is 8.52. The molecule has 2 aliphatic carbocycles. The molecule has 4 atom stereocenters. The van der Waals surface area contributed by atoms with Crippen molar-refractivity contribution in [2.75, 3.05) is 6.54 Å². The van der Waals surface area contributed by atoms with E-state index < -0.39 is 8.32 Å². The number of hydrogen-bond acceptors (Lipinski definition) is 4. The Hall–Kier alpha value is -0.493. The minimum atomic E-state index is -1.75. The number of fused-ring (bicyclic) bond motifs is 1. The van der Waals surface area contributed by atoms with E-state index in [9.17, 15) is 0 Å². The van der Waals surface area contributed by atoms with E-state index in [1.165, 1.54) is 12.8 Å². The zero-order valence-electron chi connectivity index (χ0n) is 16.9. The normalized spacial score (nSPS) is 28.0. The molecule has 0 aromatic carbocycles. The minimum absolute atomic E-state index is 0.0815. The van der Waals surface area contributed by atoms with E-state index in [1.54, 1.807) is 12.5 Å². The number of hydrogen-bond donors (Lipinski definition) is 1. The fourth-order valence-electron chi connectivity index (χ4n) is 5.00. The largest absolute Gasteiger partial charge is 0.407 e. The van der Waals surface area contributed by atoms with Crippen molar-refractivity contribution in [3.63, 3.8) is 0 Å². The van der Waals surface area contributed by atoms with Crippen LogP contribution in [0, 0.1) is 17.3 Å². The topological polar surface area (TPSA) is 47.0 Å². The third-order valence-electron chi connectivity index (χ3n) is 7.28. The van der Waals surface area contributed by atoms with Crippen molar-refractivity contribution in [3.8, 4) is 0 Å². The highest BCUT2D eigenvalue weighted by Crippen LogP contribution is 2.66. The molecule has 0 radical (unpaired) electrons. The number of rotatable bonds is 9. The monoisotopic (exact) mass is 395 g/mol. The number of aromatic nitrogens is 2. The second-order valence-corrected chi connectivity index (χ2v) is 13.8. The lowest BCUT2D eigenvalue weighted by Gasteiger charge is -2.34. The molecule has 2 saturated carbocycles. The minimum Gasteiger partial charge on any atom is -0.407 e. The summed E-state index contributed by atoms with van der Waals surface area (Å²) < 4.78 is 6.79. The van der Waals surface area contributed by atoms with E-state index in [-0.39, 0.29) is 6.10 Å². The maximum Gasteiger partial charge on any atom is 0.193 e. The van der Waals surface area contributed by atoms with E-state index in [2.05, 4.69) is 49.9 Å². The van der Waals surface area contributed by atoms with Crippen LogP contribution in [0.15, 0.2) is 12.5 Å². The molecule has 146 valence electrons. The fraction of sp³-hybridized carbons (Fsp3) is 0.800. The Morgan fingerprint density at radius 2 is 1.85 bits per heavy atom. The lowest BCUT2D eigenvalue weighted by atomic mass is 9.98. The van der Waals surface area contributed by atoms with Crippen LogP contribution in [0.4, 0.5) is 0 Å². The quantitative estimate of drug-likeness (QED) is 0.582. The molecular formula is C20H34ClN3OSi. The molecule has 2 fully saturated rings. The molecular weight excluding hydrogens is 362 g/mol. The van der Waals surface area contributed by atoms with Crippen LogP contribution in [0.3, 0.4) is 0 Å². The maximum atomic E-state index is 6.79. The highest BCUT2D eigenvalue weighted by Gasteiger charge is 2.61. The molecule has 1 N–H and O–H groups in total. The molecule has 1 heterocycles. The van der Waals surface area contributed by atoms with Crippen molar-refractivity contribution in [1.82, 2.24) is 15.3 Å². The van der Waals surface area contributed by atoms with E-state index in [1.807, 2.05) is 0 Å². The molecule has 0 bridgehead atoms. The highest BCUT2D eigenvalue weighted by molar-refractivity contribution is 6.73. The van der Waals surface area contributed by atoms with Gasteiger partial charge in [-0.3, -0.25) is 0 Å². The Morgan fingerprint density at radius 3 is 2.38 bits per heavy atom. The van der Waals surface area contributed by atoms with Crippen molar-refractivity contribution in [3.05, 3.63) is 23.2 Å². The van der Waals surface area contributed by atoms with Crippen LogP contribution in [-0.4, -0.2) is 30.9 Å². The van der Waals surface area contributed by atoms with Crippen molar-refractivity contribution in [2.45, 2.75) is 77.7 Å². The first-order chi connectivity index (χ1) is 12.4. The predicted molar refractivity (Wildman–Crippen MR) is 110 cm³/mol. The average molecular weight is 396 g/mol. The van der Waals surface area contributed by atoms with Gasteiger partial charge in [-0.2, -0.15) is 0 Å². The average Bonchev–Trinajstić information content (AvgIpc) is 2.99. The molecule has 1 aromatic heterocycles. The van der Waals surface area contributed by atoms with Gasteiger partial charge in [0.05, 0.1) is 10.7 Å². The second-order valence-electron chi connectivity index (χ2n) is 8.72. The molecule has 0 saturated heterocycles. The Bertz CT molecular complexity index is 601. The van der Waals surface area contributed by atoms with Gasteiger partial charge in [0.15, 0.2) is 8.32 Å². The summed E-state index contributed by atoms with van der Waals surface area (Å²) in [6.45, 7) is 12.4. The molecule has 26 heavy (non-hydrogen) atoms. The Kier molecular flexibility index (Phi) is 6.12. The summed E-state index contributed by atoms with van der Waals surface area (Å²) in [5.41, 5.74) is 1.41. The van der Waals surface area contributed by atoms with Gasteiger partial charge in [0, 0.05) is 18.8 Å². The second kappa shape index (κ2) is 7.86. The van der Waals surface area contributed by atoms with Crippen molar-refractivity contribution >= 4 is 19.9 Å². The van der Waals surface area contributed by atoms with Crippen LogP contribution >= 0.6 is 11.6 Å². The molecule has 0 aliphatic heterocycles. The summed E-state index contributed by atoms with van der Waals surface area (Å²) in [5.74, 6) is 1.80. The van der Waals surface area contributed by atoms with Gasteiger partial charge in [0.2, 0.25) is 0 Å².